The lowest BCUT2D eigenvalue weighted by Crippen LogP contribution is -2.49. The van der Waals surface area contributed by atoms with Crippen molar-refractivity contribution in [1.29, 1.82) is 0 Å². The van der Waals surface area contributed by atoms with Gasteiger partial charge in [0, 0.05) is 38.6 Å². The molecule has 4 heteroatoms. The predicted molar refractivity (Wildman–Crippen MR) is 47.7 cm³/mol. The summed E-state index contributed by atoms with van der Waals surface area (Å²) in [7, 11) is 0. The van der Waals surface area contributed by atoms with Crippen LogP contribution in [0.1, 0.15) is 13.3 Å². The molecule has 1 amide bonds. The molecule has 0 aromatic heterocycles. The van der Waals surface area contributed by atoms with E-state index >= 15 is 0 Å². The molecule has 0 bridgehead atoms. The van der Waals surface area contributed by atoms with Crippen LogP contribution in [0.3, 0.4) is 0 Å². The van der Waals surface area contributed by atoms with Crippen molar-refractivity contribution in [2.24, 2.45) is 5.73 Å². The summed E-state index contributed by atoms with van der Waals surface area (Å²) < 4.78 is 0. The van der Waals surface area contributed by atoms with Gasteiger partial charge < -0.3 is 16.0 Å². The van der Waals surface area contributed by atoms with Gasteiger partial charge in [0.1, 0.15) is 0 Å². The Morgan fingerprint density at radius 2 is 2.50 bits per heavy atom. The maximum Gasteiger partial charge on any atom is 0.218 e. The van der Waals surface area contributed by atoms with Crippen molar-refractivity contribution < 1.29 is 4.79 Å². The highest BCUT2D eigenvalue weighted by molar-refractivity contribution is 5.73. The van der Waals surface area contributed by atoms with Crippen LogP contribution in [0.25, 0.3) is 0 Å². The smallest absolute Gasteiger partial charge is 0.218 e. The third-order valence-corrected chi connectivity index (χ3v) is 2.13. The summed E-state index contributed by atoms with van der Waals surface area (Å²) in [4.78, 5) is 12.8. The van der Waals surface area contributed by atoms with Gasteiger partial charge in [0.15, 0.2) is 0 Å². The summed E-state index contributed by atoms with van der Waals surface area (Å²) in [5.41, 5.74) is 5.06. The van der Waals surface area contributed by atoms with Gasteiger partial charge in [-0.3, -0.25) is 4.79 Å². The van der Waals surface area contributed by atoms with Crippen LogP contribution in [0.2, 0.25) is 0 Å². The average molecular weight is 171 g/mol. The number of primary amides is 1. The van der Waals surface area contributed by atoms with Gasteiger partial charge in [-0.05, 0) is 6.92 Å². The first-order valence-corrected chi connectivity index (χ1v) is 4.42. The van der Waals surface area contributed by atoms with Crippen LogP contribution in [0.4, 0.5) is 0 Å². The van der Waals surface area contributed by atoms with E-state index in [9.17, 15) is 4.79 Å². The average Bonchev–Trinajstić information content (AvgIpc) is 2.01. The molecular formula is C8H17N3O. The van der Waals surface area contributed by atoms with Crippen molar-refractivity contribution in [2.75, 3.05) is 26.2 Å². The van der Waals surface area contributed by atoms with Crippen molar-refractivity contribution in [3.8, 4) is 0 Å². The van der Waals surface area contributed by atoms with Gasteiger partial charge >= 0.3 is 0 Å². The molecule has 3 N–H and O–H groups in total. The summed E-state index contributed by atoms with van der Waals surface area (Å²) in [6, 6.07) is 0.534. The Kier molecular flexibility index (Phi) is 3.49. The zero-order valence-corrected chi connectivity index (χ0v) is 7.55. The van der Waals surface area contributed by atoms with Crippen LogP contribution in [-0.2, 0) is 4.79 Å². The molecule has 70 valence electrons. The minimum atomic E-state index is -0.207. The number of piperazine rings is 1. The van der Waals surface area contributed by atoms with Crippen molar-refractivity contribution in [3.63, 3.8) is 0 Å². The quantitative estimate of drug-likeness (QED) is 0.582. The van der Waals surface area contributed by atoms with Crippen LogP contribution in [0, 0.1) is 0 Å². The van der Waals surface area contributed by atoms with E-state index < -0.39 is 0 Å². The monoisotopic (exact) mass is 171 g/mol. The topological polar surface area (TPSA) is 58.4 Å². The third kappa shape index (κ3) is 3.19. The van der Waals surface area contributed by atoms with Crippen molar-refractivity contribution >= 4 is 5.91 Å². The maximum atomic E-state index is 10.5. The van der Waals surface area contributed by atoms with Gasteiger partial charge in [0.2, 0.25) is 5.91 Å². The molecule has 0 spiro atoms. The second-order valence-electron chi connectivity index (χ2n) is 3.37. The second kappa shape index (κ2) is 4.42. The molecule has 0 saturated carbocycles. The summed E-state index contributed by atoms with van der Waals surface area (Å²) >= 11 is 0. The van der Waals surface area contributed by atoms with E-state index in [2.05, 4.69) is 17.1 Å². The molecule has 1 rings (SSSR count). The van der Waals surface area contributed by atoms with E-state index in [1.807, 2.05) is 0 Å². The molecule has 0 aromatic rings. The number of rotatable bonds is 3. The Labute approximate surface area is 73.1 Å². The molecule has 1 atom stereocenters. The highest BCUT2D eigenvalue weighted by Crippen LogP contribution is 1.98. The predicted octanol–water partition coefficient (Wildman–Crippen LogP) is -0.844. The molecule has 12 heavy (non-hydrogen) atoms. The Balaban J connectivity index is 2.18. The van der Waals surface area contributed by atoms with Gasteiger partial charge in [-0.1, -0.05) is 0 Å². The lowest BCUT2D eigenvalue weighted by atomic mass is 10.2. The summed E-state index contributed by atoms with van der Waals surface area (Å²) in [6.07, 6.45) is 0.479. The summed E-state index contributed by atoms with van der Waals surface area (Å²) in [5.74, 6) is -0.207. The normalized spacial score (nSPS) is 25.6. The van der Waals surface area contributed by atoms with E-state index in [1.165, 1.54) is 0 Å². The van der Waals surface area contributed by atoms with Crippen molar-refractivity contribution in [2.45, 2.75) is 19.4 Å². The fourth-order valence-electron chi connectivity index (χ4n) is 1.48. The highest BCUT2D eigenvalue weighted by Gasteiger charge is 2.14. The minimum absolute atomic E-state index is 0.207. The molecular weight excluding hydrogens is 154 g/mol. The fraction of sp³-hybridized carbons (Fsp3) is 0.875. The van der Waals surface area contributed by atoms with Gasteiger partial charge in [0.25, 0.3) is 0 Å². The molecule has 1 fully saturated rings. The van der Waals surface area contributed by atoms with Crippen LogP contribution < -0.4 is 11.1 Å². The maximum absolute atomic E-state index is 10.5. The first kappa shape index (κ1) is 9.48. The van der Waals surface area contributed by atoms with Gasteiger partial charge in [-0.15, -0.1) is 0 Å². The molecule has 1 heterocycles. The third-order valence-electron chi connectivity index (χ3n) is 2.13. The molecule has 0 unspecified atom stereocenters. The zero-order valence-electron chi connectivity index (χ0n) is 7.55. The molecule has 1 saturated heterocycles. The standard InChI is InChI=1S/C8H17N3O/c1-7-6-11(5-3-10-7)4-2-8(9)12/h7,10H,2-6H2,1H3,(H2,9,12)/t7-/m1/s1. The number of carbonyl (C=O) groups excluding carboxylic acids is 1. The number of nitrogens with zero attached hydrogens (tertiary/aromatic N) is 1. The van der Waals surface area contributed by atoms with Gasteiger partial charge in [0.05, 0.1) is 0 Å². The SMILES string of the molecule is C[C@@H]1CN(CCC(N)=O)CCN1. The zero-order chi connectivity index (χ0) is 8.97. The molecule has 4 nitrogen and oxygen atoms in total. The van der Waals surface area contributed by atoms with E-state index in [0.717, 1.165) is 26.2 Å². The molecule has 1 aliphatic rings. The van der Waals surface area contributed by atoms with Crippen LogP contribution >= 0.6 is 0 Å². The van der Waals surface area contributed by atoms with E-state index in [0.29, 0.717) is 12.5 Å². The number of carbonyl (C=O) groups is 1. The Morgan fingerprint density at radius 1 is 1.75 bits per heavy atom. The number of hydrogen-bond donors (Lipinski definition) is 2. The second-order valence-corrected chi connectivity index (χ2v) is 3.37. The van der Waals surface area contributed by atoms with E-state index in [4.69, 9.17) is 5.73 Å². The summed E-state index contributed by atoms with van der Waals surface area (Å²) in [6.45, 7) is 6.02. The number of hydrogen-bond acceptors (Lipinski definition) is 3. The molecule has 0 radical (unpaired) electrons. The number of nitrogens with two attached hydrogens (primary N) is 1. The van der Waals surface area contributed by atoms with Gasteiger partial charge in [-0.2, -0.15) is 0 Å². The first-order chi connectivity index (χ1) is 5.68. The fourth-order valence-corrected chi connectivity index (χ4v) is 1.48. The van der Waals surface area contributed by atoms with Crippen molar-refractivity contribution in [1.82, 2.24) is 10.2 Å². The van der Waals surface area contributed by atoms with Crippen LogP contribution in [-0.4, -0.2) is 43.0 Å². The molecule has 0 aliphatic carbocycles. The molecule has 1 aliphatic heterocycles. The Bertz CT molecular complexity index is 160. The van der Waals surface area contributed by atoms with Gasteiger partial charge in [-0.25, -0.2) is 0 Å². The van der Waals surface area contributed by atoms with Crippen LogP contribution in [0.15, 0.2) is 0 Å². The first-order valence-electron chi connectivity index (χ1n) is 4.42. The minimum Gasteiger partial charge on any atom is -0.370 e. The van der Waals surface area contributed by atoms with E-state index in [1.54, 1.807) is 0 Å². The largest absolute Gasteiger partial charge is 0.370 e. The molecule has 0 aromatic carbocycles. The Hall–Kier alpha value is -0.610. The Morgan fingerprint density at radius 3 is 3.08 bits per heavy atom. The summed E-state index contributed by atoms with van der Waals surface area (Å²) in [5, 5.41) is 3.34. The lowest BCUT2D eigenvalue weighted by molar-refractivity contribution is -0.118. The van der Waals surface area contributed by atoms with E-state index in [-0.39, 0.29) is 5.91 Å². The van der Waals surface area contributed by atoms with Crippen LogP contribution in [0.5, 0.6) is 0 Å². The highest BCUT2D eigenvalue weighted by atomic mass is 16.1. The van der Waals surface area contributed by atoms with Crippen molar-refractivity contribution in [3.05, 3.63) is 0 Å². The number of nitrogens with one attached hydrogen (secondary N) is 1. The number of amides is 1. The lowest BCUT2D eigenvalue weighted by Gasteiger charge is -2.31.